The van der Waals surface area contributed by atoms with E-state index in [4.69, 9.17) is 56.4 Å². The highest BCUT2D eigenvalue weighted by Gasteiger charge is 2.43. The molecule has 29 nitrogen and oxygen atoms in total. The second-order valence-electron chi connectivity index (χ2n) is 17.8. The first kappa shape index (κ1) is 61.8. The number of phenols is 1. The van der Waals surface area contributed by atoms with Crippen LogP contribution in [0.4, 0.5) is 5.69 Å². The van der Waals surface area contributed by atoms with Gasteiger partial charge in [0, 0.05) is 46.3 Å². The maximum absolute atomic E-state index is 13.7. The van der Waals surface area contributed by atoms with Gasteiger partial charge in [-0.05, 0) is 60.4 Å². The van der Waals surface area contributed by atoms with Crippen LogP contribution in [-0.4, -0.2) is 101 Å². The number of carbonyl (C=O) groups is 2. The predicted molar refractivity (Wildman–Crippen MR) is 281 cm³/mol. The van der Waals surface area contributed by atoms with Crippen molar-refractivity contribution in [2.45, 2.75) is 57.8 Å². The highest BCUT2D eigenvalue weighted by molar-refractivity contribution is 7.66. The maximum Gasteiger partial charge on any atom is 0.490 e. The van der Waals surface area contributed by atoms with E-state index < -0.39 is 118 Å². The van der Waals surface area contributed by atoms with Gasteiger partial charge in [-0.3, -0.25) is 38.6 Å². The van der Waals surface area contributed by atoms with Gasteiger partial charge in [0.1, 0.15) is 22.4 Å². The lowest BCUT2D eigenvalue weighted by molar-refractivity contribution is -0.386. The molecule has 2 aliphatic heterocycles. The SMILES string of the molecule is COc1cc2c(-c3cc(C(=O)NCC#Cc4ccc([C@H](CC(C)C)OCc5cn([C@H]6C[C@@H](O)[C@@H](COP(=O)(O)OP(=O)(O)OP(=O)(O)O)O6)c(=O)[nH]c5=O)c([N+](=O)[O-])c4)ccc3C(=O)O)c3cc(OC)c(=O)c(Cl)c-3oc2c(Cl)c1O. The summed E-state index contributed by atoms with van der Waals surface area (Å²) < 4.78 is 75.7. The Kier molecular flexibility index (Phi) is 18.9. The van der Waals surface area contributed by atoms with Gasteiger partial charge in [-0.15, -0.1) is 0 Å². The quantitative estimate of drug-likeness (QED) is 0.0129. The zero-order valence-electron chi connectivity index (χ0n) is 42.1. The minimum absolute atomic E-state index is 0.0420. The molecule has 0 spiro atoms. The Morgan fingerprint density at radius 2 is 1.67 bits per heavy atom. The number of aliphatic hydroxyl groups is 1. The van der Waals surface area contributed by atoms with Crippen LogP contribution in [0, 0.1) is 27.9 Å². The van der Waals surface area contributed by atoms with Crippen LogP contribution in [0.15, 0.2) is 73.5 Å². The van der Waals surface area contributed by atoms with E-state index in [1.807, 2.05) is 0 Å². The summed E-state index contributed by atoms with van der Waals surface area (Å²) >= 11 is 13.0. The Morgan fingerprint density at radius 3 is 2.31 bits per heavy atom. The molecule has 6 atom stereocenters. The normalized spacial score (nSPS) is 17.3. The standard InChI is InChI=1S/C47H45Cl2N4O25P3/c1-21(2)12-32(73-19-24-18-52(47(61)51-45(24)58)36-17-31(54)35(75-36)20-74-80(67,68)78-81(69,70)77-79(64,65)66)26-9-7-22(13-30(26)53(62)63)6-5-11-50-44(57)23-8-10-25(46(59)60)27(14-23)37-28-15-33(71-3)40(55)38(48)42(28)76-43-29(37)16-34(72-4)41(56)39(43)49/h7-10,13-16,18,21,31-32,35-36,54-55H,11-12,17,19-20H2,1-4H3,(H,50,57)(H,59,60)(H,67,68)(H,69,70)(H,51,58,61)(H2,64,65,66)/t31-,32+,35-,36-/m1/s1. The van der Waals surface area contributed by atoms with E-state index in [9.17, 15) is 72.9 Å². The van der Waals surface area contributed by atoms with Crippen molar-refractivity contribution in [3.8, 4) is 51.5 Å². The molecule has 2 unspecified atom stereocenters. The Morgan fingerprint density at radius 1 is 0.963 bits per heavy atom. The van der Waals surface area contributed by atoms with Gasteiger partial charge in [0.05, 0.1) is 67.8 Å². The summed E-state index contributed by atoms with van der Waals surface area (Å²) in [6.45, 7) is 1.66. The number of nitrogens with zero attached hydrogens (tertiary/aromatic N) is 2. The number of aromatic amines is 1. The predicted octanol–water partition coefficient (Wildman–Crippen LogP) is 6.13. The number of carboxylic acids is 1. The van der Waals surface area contributed by atoms with E-state index in [-0.39, 0.29) is 96.6 Å². The second kappa shape index (κ2) is 24.7. The number of hydrogen-bond acceptors (Lipinski definition) is 20. The van der Waals surface area contributed by atoms with Crippen LogP contribution in [-0.2, 0) is 42.9 Å². The van der Waals surface area contributed by atoms with Gasteiger partial charge in [-0.25, -0.2) is 23.3 Å². The van der Waals surface area contributed by atoms with Crippen molar-refractivity contribution >= 4 is 75.2 Å². The van der Waals surface area contributed by atoms with E-state index >= 15 is 0 Å². The molecule has 9 N–H and O–H groups in total. The molecule has 1 amide bonds. The number of rotatable bonds is 21. The third-order valence-corrected chi connectivity index (χ3v) is 16.4. The zero-order chi connectivity index (χ0) is 59.6. The van der Waals surface area contributed by atoms with Gasteiger partial charge in [0.25, 0.3) is 17.2 Å². The first-order chi connectivity index (χ1) is 37.9. The number of carbonyl (C=O) groups excluding carboxylic acids is 1. The van der Waals surface area contributed by atoms with Gasteiger partial charge < -0.3 is 63.6 Å². The molecular formula is C47H45Cl2N4O25P3. The van der Waals surface area contributed by atoms with Crippen molar-refractivity contribution < 1.29 is 99.6 Å². The number of hydrogen-bond donors (Lipinski definition) is 9. The Bertz CT molecular complexity index is 3870. The summed E-state index contributed by atoms with van der Waals surface area (Å²) in [7, 11) is -14.7. The number of phosphoric acid groups is 3. The summed E-state index contributed by atoms with van der Waals surface area (Å²) in [5, 5.41) is 46.1. The summed E-state index contributed by atoms with van der Waals surface area (Å²) in [5.41, 5.74) is -3.82. The third-order valence-electron chi connectivity index (χ3n) is 11.9. The smallest absolute Gasteiger partial charge is 0.490 e. The molecule has 4 aromatic rings. The molecule has 0 saturated carbocycles. The number of nitro benzene ring substituents is 1. The number of aliphatic hydroxyl groups excluding tert-OH is 1. The van der Waals surface area contributed by atoms with E-state index in [1.165, 1.54) is 50.6 Å². The number of methoxy groups -OCH3 is 2. The van der Waals surface area contributed by atoms with Crippen LogP contribution in [0.25, 0.3) is 33.4 Å². The van der Waals surface area contributed by atoms with Crippen molar-refractivity contribution in [2.24, 2.45) is 5.92 Å². The molecule has 7 rings (SSSR count). The molecule has 3 heterocycles. The summed E-state index contributed by atoms with van der Waals surface area (Å²) in [4.78, 5) is 116. The number of amides is 1. The van der Waals surface area contributed by atoms with E-state index in [2.05, 4.69) is 35.3 Å². The van der Waals surface area contributed by atoms with Crippen molar-refractivity contribution in [1.29, 1.82) is 0 Å². The van der Waals surface area contributed by atoms with Gasteiger partial charge >= 0.3 is 35.1 Å². The third kappa shape index (κ3) is 14.3. The molecule has 81 heavy (non-hydrogen) atoms. The molecule has 1 saturated heterocycles. The summed E-state index contributed by atoms with van der Waals surface area (Å²) in [6, 6.07) is 10.2. The number of aromatic nitrogens is 2. The lowest BCUT2D eigenvalue weighted by atomic mass is 9.89. The number of nitro groups is 1. The van der Waals surface area contributed by atoms with Crippen LogP contribution in [0.2, 0.25) is 10.0 Å². The number of phenolic OH excluding ortho intramolecular Hbond substituents is 1. The fourth-order valence-corrected chi connectivity index (χ4v) is 11.9. The number of benzene rings is 4. The van der Waals surface area contributed by atoms with Crippen molar-refractivity contribution in [2.75, 3.05) is 27.4 Å². The average Bonchev–Trinajstić information content (AvgIpc) is 3.83. The largest absolute Gasteiger partial charge is 0.503 e. The summed E-state index contributed by atoms with van der Waals surface area (Å²) in [5.74, 6) is 1.95. The molecule has 1 fully saturated rings. The number of carboxylic acid groups (broad SMARTS) is 1. The fraction of sp³-hybridized carbons (Fsp3) is 0.298. The molecule has 0 bridgehead atoms. The highest BCUT2D eigenvalue weighted by atomic mass is 35.5. The van der Waals surface area contributed by atoms with Crippen LogP contribution in [0.5, 0.6) is 17.2 Å². The molecule has 1 aromatic heterocycles. The minimum atomic E-state index is -5.86. The van der Waals surface area contributed by atoms with E-state index in [0.717, 1.165) is 22.9 Å². The van der Waals surface area contributed by atoms with Gasteiger partial charge in [0.15, 0.2) is 28.6 Å². The lowest BCUT2D eigenvalue weighted by Gasteiger charge is -2.21. The lowest BCUT2D eigenvalue weighted by Crippen LogP contribution is -2.34. The Balaban J connectivity index is 1.09. The number of halogens is 2. The monoisotopic (exact) mass is 1230 g/mol. The molecule has 3 aliphatic rings. The van der Waals surface area contributed by atoms with Crippen LogP contribution in [0.3, 0.4) is 0 Å². The average molecular weight is 1230 g/mol. The number of nitrogens with one attached hydrogen (secondary N) is 2. The molecular weight excluding hydrogens is 1180 g/mol. The maximum atomic E-state index is 13.7. The van der Waals surface area contributed by atoms with Gasteiger partial charge in [0.2, 0.25) is 5.43 Å². The van der Waals surface area contributed by atoms with Crippen LogP contribution in [0.1, 0.15) is 76.4 Å². The highest BCUT2D eigenvalue weighted by Crippen LogP contribution is 2.66. The number of ether oxygens (including phenoxy) is 4. The first-order valence-corrected chi connectivity index (χ1v) is 28.4. The molecule has 432 valence electrons. The van der Waals surface area contributed by atoms with Crippen molar-refractivity contribution in [3.63, 3.8) is 0 Å². The minimum Gasteiger partial charge on any atom is -0.503 e. The number of aromatic carboxylic acids is 1. The fourth-order valence-electron chi connectivity index (χ4n) is 8.36. The van der Waals surface area contributed by atoms with Crippen molar-refractivity contribution in [1.82, 2.24) is 14.9 Å². The van der Waals surface area contributed by atoms with Gasteiger partial charge in [-0.1, -0.05) is 48.9 Å². The second-order valence-corrected chi connectivity index (χ2v) is 23.0. The summed E-state index contributed by atoms with van der Waals surface area (Å²) in [6.07, 6.45) is -4.72. The topological polar surface area (TPSA) is 432 Å². The first-order valence-electron chi connectivity index (χ1n) is 23.2. The molecule has 0 radical (unpaired) electrons. The van der Waals surface area contributed by atoms with Crippen LogP contribution >= 0.6 is 46.7 Å². The van der Waals surface area contributed by atoms with Crippen LogP contribution < -0.4 is 31.5 Å². The van der Waals surface area contributed by atoms with Crippen molar-refractivity contribution in [3.05, 3.63) is 134 Å². The number of aromatic hydroxyl groups is 1. The molecule has 3 aromatic carbocycles. The number of H-pyrrole nitrogens is 1. The Labute approximate surface area is 464 Å². The zero-order valence-corrected chi connectivity index (χ0v) is 46.3. The van der Waals surface area contributed by atoms with E-state index in [1.54, 1.807) is 13.8 Å². The molecule has 1 aliphatic carbocycles. The van der Waals surface area contributed by atoms with E-state index in [0.29, 0.717) is 0 Å². The number of fused-ring (bicyclic) bond motifs is 2. The Hall–Kier alpha value is -6.80. The number of phosphoric ester groups is 1. The van der Waals surface area contributed by atoms with Gasteiger partial charge in [-0.2, -0.15) is 8.62 Å². The molecule has 34 heteroatoms.